The molecule has 0 bridgehead atoms. The van der Waals surface area contributed by atoms with E-state index < -0.39 is 18.0 Å². The fourth-order valence-electron chi connectivity index (χ4n) is 3.63. The van der Waals surface area contributed by atoms with Crippen LogP contribution in [0.25, 0.3) is 6.08 Å². The van der Waals surface area contributed by atoms with E-state index in [0.29, 0.717) is 31.9 Å². The first-order valence-electron chi connectivity index (χ1n) is 9.84. The van der Waals surface area contributed by atoms with Crippen LogP contribution in [0, 0.1) is 0 Å². The third-order valence-electron chi connectivity index (χ3n) is 5.00. The Kier molecular flexibility index (Phi) is 5.87. The van der Waals surface area contributed by atoms with Gasteiger partial charge in [0, 0.05) is 12.5 Å². The van der Waals surface area contributed by atoms with Crippen molar-refractivity contribution in [3.8, 4) is 5.75 Å². The average molecular weight is 449 g/mol. The summed E-state index contributed by atoms with van der Waals surface area (Å²) in [5, 5.41) is 0. The van der Waals surface area contributed by atoms with Crippen molar-refractivity contribution >= 4 is 29.4 Å². The number of benzene rings is 2. The summed E-state index contributed by atoms with van der Waals surface area (Å²) in [4.78, 5) is 42.6. The van der Waals surface area contributed by atoms with Gasteiger partial charge in [-0.3, -0.25) is 14.2 Å². The number of aromatic nitrogens is 1. The Morgan fingerprint density at radius 3 is 2.47 bits per heavy atom. The molecule has 0 spiro atoms. The van der Waals surface area contributed by atoms with Crippen LogP contribution in [0.1, 0.15) is 31.0 Å². The molecule has 0 aliphatic carbocycles. The average Bonchev–Trinajstić information content (AvgIpc) is 3.08. The third-order valence-corrected chi connectivity index (χ3v) is 5.98. The quantitative estimate of drug-likeness (QED) is 0.452. The topological polar surface area (TPSA) is 87.0 Å². The molecular formula is C24H20N2O5S. The molecule has 1 aliphatic heterocycles. The highest BCUT2D eigenvalue weighted by Crippen LogP contribution is 2.30. The van der Waals surface area contributed by atoms with Crippen LogP contribution in [0.2, 0.25) is 0 Å². The second kappa shape index (κ2) is 8.76. The minimum absolute atomic E-state index is 0.297. The molecule has 2 heterocycles. The first-order valence-corrected chi connectivity index (χ1v) is 10.7. The van der Waals surface area contributed by atoms with Crippen molar-refractivity contribution in [3.05, 3.63) is 96.7 Å². The predicted molar refractivity (Wildman–Crippen MR) is 120 cm³/mol. The van der Waals surface area contributed by atoms with Crippen LogP contribution in [0.15, 0.2) is 75.7 Å². The molecule has 4 rings (SSSR count). The van der Waals surface area contributed by atoms with Gasteiger partial charge in [0.05, 0.1) is 29.0 Å². The summed E-state index contributed by atoms with van der Waals surface area (Å²) < 4.78 is 12.2. The Bertz CT molecular complexity index is 1420. The molecule has 2 aromatic carbocycles. The van der Waals surface area contributed by atoms with Crippen molar-refractivity contribution in [1.82, 2.24) is 4.57 Å². The number of para-hydroxylation sites is 1. The first kappa shape index (κ1) is 21.5. The van der Waals surface area contributed by atoms with Gasteiger partial charge < -0.3 is 9.47 Å². The highest BCUT2D eigenvalue weighted by molar-refractivity contribution is 7.07. The minimum Gasteiger partial charge on any atom is -0.466 e. The standard InChI is InChI=1S/C24H20N2O5S/c1-14-20(23(29)30-3)21(16-9-5-4-6-10-16)26-22(28)19(32-24(26)25-14)13-17-11-7-8-12-18(17)31-15(2)27/h4-13,21H,1-3H3/t21-/m1/s1. The van der Waals surface area contributed by atoms with E-state index in [1.807, 2.05) is 30.3 Å². The van der Waals surface area contributed by atoms with Gasteiger partial charge in [-0.2, -0.15) is 0 Å². The SMILES string of the molecule is COC(=O)C1=C(C)N=c2sc(=Cc3ccccc3OC(C)=O)c(=O)n2[C@@H]1c1ccccc1. The van der Waals surface area contributed by atoms with Crippen LogP contribution < -0.4 is 19.6 Å². The number of esters is 2. The third kappa shape index (κ3) is 3.92. The molecule has 8 heteroatoms. The molecule has 32 heavy (non-hydrogen) atoms. The molecule has 0 radical (unpaired) electrons. The number of fused-ring (bicyclic) bond motifs is 1. The number of hydrogen-bond acceptors (Lipinski definition) is 7. The Balaban J connectivity index is 1.95. The van der Waals surface area contributed by atoms with Crippen LogP contribution in [0.3, 0.4) is 0 Å². The molecule has 1 aliphatic rings. The predicted octanol–water partition coefficient (Wildman–Crippen LogP) is 2.33. The molecular weight excluding hydrogens is 428 g/mol. The normalized spacial score (nSPS) is 15.7. The summed E-state index contributed by atoms with van der Waals surface area (Å²) in [7, 11) is 1.31. The lowest BCUT2D eigenvalue weighted by Gasteiger charge is -2.24. The van der Waals surface area contributed by atoms with Gasteiger partial charge in [-0.15, -0.1) is 0 Å². The van der Waals surface area contributed by atoms with Gasteiger partial charge in [0.15, 0.2) is 4.80 Å². The molecule has 0 amide bonds. The van der Waals surface area contributed by atoms with E-state index in [4.69, 9.17) is 9.47 Å². The lowest BCUT2D eigenvalue weighted by Crippen LogP contribution is -2.39. The van der Waals surface area contributed by atoms with E-state index >= 15 is 0 Å². The summed E-state index contributed by atoms with van der Waals surface area (Å²) >= 11 is 1.21. The fraction of sp³-hybridized carbons (Fsp3) is 0.167. The summed E-state index contributed by atoms with van der Waals surface area (Å²) in [5.41, 5.74) is 1.88. The van der Waals surface area contributed by atoms with E-state index in [2.05, 4.69) is 4.99 Å². The van der Waals surface area contributed by atoms with E-state index in [0.717, 1.165) is 5.56 Å². The number of methoxy groups -OCH3 is 1. The van der Waals surface area contributed by atoms with Gasteiger partial charge in [-0.25, -0.2) is 9.79 Å². The molecule has 0 fully saturated rings. The van der Waals surface area contributed by atoms with Crippen molar-refractivity contribution in [2.75, 3.05) is 7.11 Å². The van der Waals surface area contributed by atoms with E-state index in [1.165, 1.54) is 29.9 Å². The lowest BCUT2D eigenvalue weighted by molar-refractivity contribution is -0.136. The number of carbonyl (C=O) groups excluding carboxylic acids is 2. The maximum atomic E-state index is 13.5. The highest BCUT2D eigenvalue weighted by Gasteiger charge is 2.32. The number of nitrogens with zero attached hydrogens (tertiary/aromatic N) is 2. The Hall–Kier alpha value is -3.78. The number of ether oxygens (including phenoxy) is 2. The largest absolute Gasteiger partial charge is 0.466 e. The molecule has 3 aromatic rings. The molecule has 1 aromatic heterocycles. The molecule has 0 N–H and O–H groups in total. The van der Waals surface area contributed by atoms with Crippen molar-refractivity contribution in [2.24, 2.45) is 4.99 Å². The molecule has 7 nitrogen and oxygen atoms in total. The van der Waals surface area contributed by atoms with Gasteiger partial charge in [0.2, 0.25) is 0 Å². The summed E-state index contributed by atoms with van der Waals surface area (Å²) in [6.07, 6.45) is 1.67. The molecule has 0 saturated carbocycles. The van der Waals surface area contributed by atoms with Gasteiger partial charge in [-0.1, -0.05) is 59.9 Å². The zero-order chi connectivity index (χ0) is 22.8. The second-order valence-corrected chi connectivity index (χ2v) is 8.12. The van der Waals surface area contributed by atoms with Crippen molar-refractivity contribution in [1.29, 1.82) is 0 Å². The van der Waals surface area contributed by atoms with Crippen LogP contribution in [-0.2, 0) is 14.3 Å². The molecule has 162 valence electrons. The van der Waals surface area contributed by atoms with Gasteiger partial charge in [0.1, 0.15) is 5.75 Å². The van der Waals surface area contributed by atoms with Gasteiger partial charge in [-0.05, 0) is 24.6 Å². The number of carbonyl (C=O) groups is 2. The maximum absolute atomic E-state index is 13.5. The lowest BCUT2D eigenvalue weighted by atomic mass is 9.96. The molecule has 1 atom stereocenters. The van der Waals surface area contributed by atoms with Crippen molar-refractivity contribution in [2.45, 2.75) is 19.9 Å². The smallest absolute Gasteiger partial charge is 0.338 e. The Morgan fingerprint density at radius 2 is 1.78 bits per heavy atom. The number of rotatable bonds is 4. The van der Waals surface area contributed by atoms with Gasteiger partial charge >= 0.3 is 11.9 Å². The Morgan fingerprint density at radius 1 is 1.09 bits per heavy atom. The minimum atomic E-state index is -0.661. The van der Waals surface area contributed by atoms with E-state index in [9.17, 15) is 14.4 Å². The van der Waals surface area contributed by atoms with E-state index in [-0.39, 0.29) is 5.56 Å². The monoisotopic (exact) mass is 448 g/mol. The van der Waals surface area contributed by atoms with Gasteiger partial charge in [0.25, 0.3) is 5.56 Å². The zero-order valence-electron chi connectivity index (χ0n) is 17.7. The van der Waals surface area contributed by atoms with Crippen molar-refractivity contribution in [3.63, 3.8) is 0 Å². The summed E-state index contributed by atoms with van der Waals surface area (Å²) in [5.74, 6) is -0.624. The summed E-state index contributed by atoms with van der Waals surface area (Å²) in [6.45, 7) is 3.05. The van der Waals surface area contributed by atoms with Crippen molar-refractivity contribution < 1.29 is 19.1 Å². The molecule has 0 saturated heterocycles. The van der Waals surface area contributed by atoms with Crippen LogP contribution in [-0.4, -0.2) is 23.6 Å². The number of thiazole rings is 1. The fourth-order valence-corrected chi connectivity index (χ4v) is 4.67. The zero-order valence-corrected chi connectivity index (χ0v) is 18.5. The van der Waals surface area contributed by atoms with Crippen LogP contribution in [0.5, 0.6) is 5.75 Å². The maximum Gasteiger partial charge on any atom is 0.338 e. The number of hydrogen-bond donors (Lipinski definition) is 0. The Labute approximate surface area is 187 Å². The highest BCUT2D eigenvalue weighted by atomic mass is 32.1. The summed E-state index contributed by atoms with van der Waals surface area (Å²) in [6, 6.07) is 15.6. The van der Waals surface area contributed by atoms with E-state index in [1.54, 1.807) is 37.3 Å². The second-order valence-electron chi connectivity index (χ2n) is 7.12. The first-order chi connectivity index (χ1) is 15.4. The molecule has 0 unspecified atom stereocenters. The number of allylic oxidation sites excluding steroid dienone is 1. The van der Waals surface area contributed by atoms with Crippen LogP contribution in [0.4, 0.5) is 0 Å². The van der Waals surface area contributed by atoms with Crippen LogP contribution >= 0.6 is 11.3 Å².